The Labute approximate surface area is 310 Å². The lowest BCUT2D eigenvalue weighted by atomic mass is 9.50. The number of aliphatic hydroxyl groups is 1. The fourth-order valence-electron chi connectivity index (χ4n) is 9.17. The number of likely N-dealkylation sites (tertiary alicyclic amines) is 1. The van der Waals surface area contributed by atoms with Gasteiger partial charge in [0.25, 0.3) is 0 Å². The van der Waals surface area contributed by atoms with E-state index in [9.17, 15) is 14.7 Å². The van der Waals surface area contributed by atoms with Crippen LogP contribution in [0.1, 0.15) is 132 Å². The summed E-state index contributed by atoms with van der Waals surface area (Å²) in [7, 11) is 3.67. The summed E-state index contributed by atoms with van der Waals surface area (Å²) < 4.78 is 24.4. The monoisotopic (exact) mass is 713 g/mol. The molecule has 2 heterocycles. The van der Waals surface area contributed by atoms with E-state index < -0.39 is 35.2 Å². The van der Waals surface area contributed by atoms with Crippen molar-refractivity contribution >= 4 is 11.9 Å². The Balaban J connectivity index is 1.03. The van der Waals surface area contributed by atoms with Gasteiger partial charge < -0.3 is 29.0 Å². The fraction of sp³-hybridized carbons (Fsp3) is 0.591. The first-order valence-electron chi connectivity index (χ1n) is 19.9. The molecule has 1 saturated heterocycles. The zero-order chi connectivity index (χ0) is 36.6. The first-order chi connectivity index (χ1) is 25.3. The molecule has 0 amide bonds. The number of allylic oxidation sites excluding steroid dienone is 2. The van der Waals surface area contributed by atoms with Gasteiger partial charge in [0.1, 0.15) is 5.76 Å². The molecule has 2 aliphatic heterocycles. The molecule has 1 N–H and O–H groups in total. The highest BCUT2D eigenvalue weighted by atomic mass is 16.6. The number of carbonyl (C=O) groups excluding carboxylic acids is 2. The molecule has 282 valence electrons. The van der Waals surface area contributed by atoms with Crippen molar-refractivity contribution in [2.45, 2.75) is 145 Å². The van der Waals surface area contributed by atoms with Crippen molar-refractivity contribution in [1.29, 1.82) is 0 Å². The summed E-state index contributed by atoms with van der Waals surface area (Å²) in [5.41, 5.74) is 0.734. The van der Waals surface area contributed by atoms with Crippen molar-refractivity contribution in [1.82, 2.24) is 4.90 Å². The van der Waals surface area contributed by atoms with Crippen LogP contribution in [-0.2, 0) is 30.9 Å². The van der Waals surface area contributed by atoms with Gasteiger partial charge in [0.2, 0.25) is 6.10 Å². The minimum atomic E-state index is -1.22. The van der Waals surface area contributed by atoms with Crippen LogP contribution in [0, 0.1) is 0 Å². The average molecular weight is 714 g/mol. The van der Waals surface area contributed by atoms with Gasteiger partial charge in [-0.05, 0) is 76.2 Å². The minimum Gasteiger partial charge on any atom is -0.493 e. The Morgan fingerprint density at radius 2 is 1.65 bits per heavy atom. The number of esters is 2. The first-order valence-corrected chi connectivity index (χ1v) is 19.9. The van der Waals surface area contributed by atoms with E-state index in [1.165, 1.54) is 44.9 Å². The van der Waals surface area contributed by atoms with Gasteiger partial charge in [0.05, 0.1) is 18.1 Å². The number of methoxy groups -OCH3 is 1. The molecule has 2 bridgehead atoms. The maximum absolute atomic E-state index is 14.0. The van der Waals surface area contributed by atoms with Crippen LogP contribution < -0.4 is 9.47 Å². The van der Waals surface area contributed by atoms with E-state index in [4.69, 9.17) is 18.9 Å². The van der Waals surface area contributed by atoms with Crippen molar-refractivity contribution < 1.29 is 33.6 Å². The number of likely N-dealkylation sites (N-methyl/N-ethyl adjacent to an activating group) is 1. The van der Waals surface area contributed by atoms with E-state index in [2.05, 4.69) is 37.1 Å². The molecule has 2 aliphatic carbocycles. The molecular weight excluding hydrogens is 654 g/mol. The number of hydrogen-bond acceptors (Lipinski definition) is 8. The van der Waals surface area contributed by atoms with E-state index >= 15 is 0 Å². The Morgan fingerprint density at radius 3 is 2.37 bits per heavy atom. The summed E-state index contributed by atoms with van der Waals surface area (Å²) in [6.07, 6.45) is 21.7. The van der Waals surface area contributed by atoms with Crippen molar-refractivity contribution in [3.05, 3.63) is 83.1 Å². The summed E-state index contributed by atoms with van der Waals surface area (Å²) in [5.74, 6) is 0.460. The number of nitrogens with zero attached hydrogens (tertiary/aromatic N) is 1. The predicted octanol–water partition coefficient (Wildman–Crippen LogP) is 8.84. The van der Waals surface area contributed by atoms with Crippen LogP contribution in [0.4, 0.5) is 0 Å². The van der Waals surface area contributed by atoms with Crippen LogP contribution in [0.15, 0.2) is 66.5 Å². The fourth-order valence-corrected chi connectivity index (χ4v) is 9.17. The van der Waals surface area contributed by atoms with Gasteiger partial charge in [0.15, 0.2) is 17.6 Å². The van der Waals surface area contributed by atoms with Crippen LogP contribution in [-0.4, -0.2) is 60.4 Å². The Kier molecular flexibility index (Phi) is 12.8. The zero-order valence-corrected chi connectivity index (χ0v) is 31.6. The highest BCUT2D eigenvalue weighted by Gasteiger charge is 2.72. The molecule has 0 aromatic heterocycles. The molecule has 6 rings (SSSR count). The van der Waals surface area contributed by atoms with Crippen molar-refractivity contribution in [2.75, 3.05) is 20.7 Å². The smallest absolute Gasteiger partial charge is 0.357 e. The van der Waals surface area contributed by atoms with Crippen LogP contribution in [0.2, 0.25) is 0 Å². The Hall–Kier alpha value is -3.62. The third kappa shape index (κ3) is 7.70. The van der Waals surface area contributed by atoms with Gasteiger partial charge >= 0.3 is 11.9 Å². The van der Waals surface area contributed by atoms with Crippen LogP contribution in [0.5, 0.6) is 11.5 Å². The maximum atomic E-state index is 14.0. The van der Waals surface area contributed by atoms with Gasteiger partial charge in [-0.15, -0.1) is 0 Å². The van der Waals surface area contributed by atoms with Gasteiger partial charge in [-0.2, -0.15) is 0 Å². The number of rotatable bonds is 20. The molecule has 0 saturated carbocycles. The SMILES string of the molecule is CCCCCCCC/C=C\CCCCCCCC(=O)O[C@H](C(=O)OC1=CC[C@]2(O)[C@@H]3Cc4ccc(OC)c5c4[C@]2(CCN3C)[C@@H]1O5)c1ccccc1. The van der Waals surface area contributed by atoms with E-state index in [0.717, 1.165) is 49.8 Å². The zero-order valence-electron chi connectivity index (χ0n) is 31.6. The number of hydrogen-bond donors (Lipinski definition) is 1. The number of benzene rings is 2. The number of ether oxygens (including phenoxy) is 4. The van der Waals surface area contributed by atoms with Crippen molar-refractivity contribution in [2.24, 2.45) is 0 Å². The molecule has 0 radical (unpaired) electrons. The minimum absolute atomic E-state index is 0.109. The number of unbranched alkanes of at least 4 members (excludes halogenated alkanes) is 11. The summed E-state index contributed by atoms with van der Waals surface area (Å²) in [5, 5.41) is 12.5. The Morgan fingerprint density at radius 1 is 0.962 bits per heavy atom. The van der Waals surface area contributed by atoms with Gasteiger partial charge in [0, 0.05) is 30.0 Å². The van der Waals surface area contributed by atoms with Crippen LogP contribution in [0.3, 0.4) is 0 Å². The van der Waals surface area contributed by atoms with Crippen LogP contribution >= 0.6 is 0 Å². The second-order valence-corrected chi connectivity index (χ2v) is 15.3. The van der Waals surface area contributed by atoms with Gasteiger partial charge in [-0.1, -0.05) is 107 Å². The van der Waals surface area contributed by atoms with E-state index in [0.29, 0.717) is 48.5 Å². The average Bonchev–Trinajstić information content (AvgIpc) is 3.51. The quantitative estimate of drug-likeness (QED) is 0.0827. The van der Waals surface area contributed by atoms with E-state index in [1.807, 2.05) is 24.3 Å². The highest BCUT2D eigenvalue weighted by molar-refractivity contribution is 5.82. The van der Waals surface area contributed by atoms with Gasteiger partial charge in [-0.25, -0.2) is 4.79 Å². The molecule has 2 aromatic rings. The molecule has 2 aromatic carbocycles. The third-order valence-electron chi connectivity index (χ3n) is 12.0. The number of piperidine rings is 1. The summed E-state index contributed by atoms with van der Waals surface area (Å²) in [6.45, 7) is 3.02. The van der Waals surface area contributed by atoms with Crippen LogP contribution in [0.25, 0.3) is 0 Å². The standard InChI is InChI=1S/C44H59NO7/c1-4-5-6-7-8-9-10-11-12-13-14-15-16-17-21-24-37(46)51-39(32-22-19-18-20-23-32)42(47)50-35-27-28-44(48)36-31-33-25-26-34(49-3)40-38(33)43(44,41(35)52-40)29-30-45(36)2/h11-12,18-20,22-23,25-27,36,39,41,48H,4-10,13-17,21,24,28-31H2,1-3H3/b12-11-/t36-,39-,41+,43+,44-/m0/s1. The molecule has 1 spiro atoms. The summed E-state index contributed by atoms with van der Waals surface area (Å²) in [4.78, 5) is 29.4. The molecule has 0 unspecified atom stereocenters. The normalized spacial score (nSPS) is 24.9. The molecule has 4 aliphatic rings. The Bertz CT molecular complexity index is 1590. The van der Waals surface area contributed by atoms with Crippen molar-refractivity contribution in [3.8, 4) is 11.5 Å². The molecule has 8 heteroatoms. The molecule has 52 heavy (non-hydrogen) atoms. The molecule has 8 nitrogen and oxygen atoms in total. The van der Waals surface area contributed by atoms with Gasteiger partial charge in [-0.3, -0.25) is 4.79 Å². The van der Waals surface area contributed by atoms with Crippen molar-refractivity contribution in [3.63, 3.8) is 0 Å². The molecule has 5 atom stereocenters. The third-order valence-corrected chi connectivity index (χ3v) is 12.0. The van der Waals surface area contributed by atoms with E-state index in [-0.39, 0.29) is 12.5 Å². The largest absolute Gasteiger partial charge is 0.493 e. The molecule has 1 fully saturated rings. The lowest BCUT2D eigenvalue weighted by Crippen LogP contribution is -2.74. The lowest BCUT2D eigenvalue weighted by Gasteiger charge is -2.61. The summed E-state index contributed by atoms with van der Waals surface area (Å²) >= 11 is 0. The molecular formula is C44H59NO7. The second-order valence-electron chi connectivity index (χ2n) is 15.3. The predicted molar refractivity (Wildman–Crippen MR) is 202 cm³/mol. The highest BCUT2D eigenvalue weighted by Crippen LogP contribution is 2.65. The topological polar surface area (TPSA) is 94.5 Å². The first kappa shape index (κ1) is 38.1. The number of carbonyl (C=O) groups is 2. The lowest BCUT2D eigenvalue weighted by molar-refractivity contribution is -0.176. The van der Waals surface area contributed by atoms with E-state index in [1.54, 1.807) is 25.3 Å². The summed E-state index contributed by atoms with van der Waals surface area (Å²) in [6, 6.07) is 12.9. The second kappa shape index (κ2) is 17.5. The maximum Gasteiger partial charge on any atom is 0.357 e.